The van der Waals surface area contributed by atoms with Gasteiger partial charge in [-0.2, -0.15) is 0 Å². The molecule has 0 unspecified atom stereocenters. The Labute approximate surface area is 127 Å². The summed E-state index contributed by atoms with van der Waals surface area (Å²) in [6.45, 7) is 0. The van der Waals surface area contributed by atoms with E-state index in [1.165, 1.54) is 31.3 Å². The van der Waals surface area contributed by atoms with Gasteiger partial charge in [-0.05, 0) is 29.3 Å². The Morgan fingerprint density at radius 1 is 0.810 bits per heavy atom. The molecule has 0 saturated heterocycles. The van der Waals surface area contributed by atoms with Crippen LogP contribution in [0.15, 0.2) is 66.7 Å². The second-order valence-corrected chi connectivity index (χ2v) is 6.16. The zero-order chi connectivity index (χ0) is 14.2. The molecular weight excluding hydrogens is 274 g/mol. The van der Waals surface area contributed by atoms with Crippen molar-refractivity contribution < 1.29 is 0 Å². The largest absolute Gasteiger partial charge is 0.388 e. The molecule has 0 bridgehead atoms. The molecule has 1 nitrogen and oxygen atoms in total. The van der Waals surface area contributed by atoms with Gasteiger partial charge in [0.2, 0.25) is 0 Å². The molecule has 21 heavy (non-hydrogen) atoms. The van der Waals surface area contributed by atoms with Crippen LogP contribution in [0.4, 0.5) is 5.69 Å². The summed E-state index contributed by atoms with van der Waals surface area (Å²) in [5.74, 6) is 0. The topological polar surface area (TPSA) is 12.0 Å². The summed E-state index contributed by atoms with van der Waals surface area (Å²) in [4.78, 5) is 0. The van der Waals surface area contributed by atoms with Crippen LogP contribution in [0, 0.1) is 0 Å². The molecule has 0 aliphatic heterocycles. The zero-order valence-electron chi connectivity index (χ0n) is 11.8. The van der Waals surface area contributed by atoms with E-state index in [0.717, 1.165) is 5.69 Å². The van der Waals surface area contributed by atoms with Crippen molar-refractivity contribution in [2.24, 2.45) is 0 Å². The summed E-state index contributed by atoms with van der Waals surface area (Å²) in [5, 5.41) is 5.92. The van der Waals surface area contributed by atoms with Crippen LogP contribution in [-0.4, -0.2) is 7.05 Å². The molecule has 0 fully saturated rings. The van der Waals surface area contributed by atoms with Gasteiger partial charge < -0.3 is 5.32 Å². The molecule has 102 valence electrons. The quantitative estimate of drug-likeness (QED) is 0.494. The molecule has 2 heteroatoms. The second-order valence-electron chi connectivity index (χ2n) is 5.11. The Kier molecular flexibility index (Phi) is 2.90. The molecule has 0 aliphatic carbocycles. The van der Waals surface area contributed by atoms with Gasteiger partial charge in [-0.25, -0.2) is 0 Å². The van der Waals surface area contributed by atoms with Crippen molar-refractivity contribution in [3.63, 3.8) is 0 Å². The van der Waals surface area contributed by atoms with E-state index in [1.54, 1.807) is 0 Å². The molecule has 4 aromatic rings. The summed E-state index contributed by atoms with van der Waals surface area (Å²) in [6.07, 6.45) is 0. The lowest BCUT2D eigenvalue weighted by Crippen LogP contribution is -1.87. The number of hydrogen-bond acceptors (Lipinski definition) is 2. The highest BCUT2D eigenvalue weighted by molar-refractivity contribution is 7.26. The van der Waals surface area contributed by atoms with E-state index < -0.39 is 0 Å². The van der Waals surface area contributed by atoms with Gasteiger partial charge in [-0.15, -0.1) is 11.3 Å². The third-order valence-electron chi connectivity index (χ3n) is 3.87. The van der Waals surface area contributed by atoms with Gasteiger partial charge in [-0.1, -0.05) is 48.5 Å². The van der Waals surface area contributed by atoms with E-state index in [1.807, 2.05) is 18.4 Å². The average molecular weight is 289 g/mol. The number of anilines is 1. The van der Waals surface area contributed by atoms with Crippen LogP contribution < -0.4 is 5.32 Å². The monoisotopic (exact) mass is 289 g/mol. The van der Waals surface area contributed by atoms with E-state index in [-0.39, 0.29) is 0 Å². The minimum Gasteiger partial charge on any atom is -0.388 e. The van der Waals surface area contributed by atoms with Gasteiger partial charge in [0.15, 0.2) is 0 Å². The van der Waals surface area contributed by atoms with E-state index >= 15 is 0 Å². The van der Waals surface area contributed by atoms with Crippen LogP contribution >= 0.6 is 11.3 Å². The highest BCUT2D eigenvalue weighted by atomic mass is 32.1. The summed E-state index contributed by atoms with van der Waals surface area (Å²) >= 11 is 1.88. The molecule has 4 rings (SSSR count). The summed E-state index contributed by atoms with van der Waals surface area (Å²) < 4.78 is 2.72. The van der Waals surface area contributed by atoms with Crippen LogP contribution in [0.3, 0.4) is 0 Å². The fraction of sp³-hybridized carbons (Fsp3) is 0.0526. The minimum atomic E-state index is 1.14. The Balaban J connectivity index is 2.04. The van der Waals surface area contributed by atoms with Crippen molar-refractivity contribution in [1.29, 1.82) is 0 Å². The smallest absolute Gasteiger partial charge is 0.0433 e. The van der Waals surface area contributed by atoms with E-state index in [2.05, 4.69) is 72.0 Å². The van der Waals surface area contributed by atoms with Crippen LogP contribution in [0.25, 0.3) is 31.3 Å². The number of fused-ring (bicyclic) bond motifs is 3. The lowest BCUT2D eigenvalue weighted by molar-refractivity contribution is 1.51. The molecule has 0 atom stereocenters. The fourth-order valence-electron chi connectivity index (χ4n) is 2.82. The third kappa shape index (κ3) is 1.99. The molecule has 1 heterocycles. The van der Waals surface area contributed by atoms with E-state index in [9.17, 15) is 0 Å². The number of rotatable bonds is 2. The summed E-state index contributed by atoms with van der Waals surface area (Å²) in [7, 11) is 1.96. The Morgan fingerprint density at radius 2 is 1.62 bits per heavy atom. The molecule has 0 spiro atoms. The first-order valence-corrected chi connectivity index (χ1v) is 7.87. The highest BCUT2D eigenvalue weighted by Crippen LogP contribution is 2.39. The van der Waals surface area contributed by atoms with Gasteiger partial charge in [-0.3, -0.25) is 0 Å². The number of thiophene rings is 1. The zero-order valence-corrected chi connectivity index (χ0v) is 12.6. The van der Waals surface area contributed by atoms with Crippen LogP contribution in [0.2, 0.25) is 0 Å². The van der Waals surface area contributed by atoms with Gasteiger partial charge in [0.1, 0.15) is 0 Å². The number of hydrogen-bond donors (Lipinski definition) is 1. The molecule has 3 aromatic carbocycles. The van der Waals surface area contributed by atoms with Crippen molar-refractivity contribution in [1.82, 2.24) is 0 Å². The minimum absolute atomic E-state index is 1.14. The lowest BCUT2D eigenvalue weighted by atomic mass is 10.0. The Morgan fingerprint density at radius 3 is 2.52 bits per heavy atom. The van der Waals surface area contributed by atoms with Crippen molar-refractivity contribution in [3.05, 3.63) is 66.7 Å². The van der Waals surface area contributed by atoms with Crippen molar-refractivity contribution >= 4 is 37.2 Å². The second kappa shape index (κ2) is 4.90. The van der Waals surface area contributed by atoms with Gasteiger partial charge in [0, 0.05) is 32.9 Å². The first-order valence-electron chi connectivity index (χ1n) is 7.05. The Bertz CT molecular complexity index is 937. The predicted molar refractivity (Wildman–Crippen MR) is 94.3 cm³/mol. The highest BCUT2D eigenvalue weighted by Gasteiger charge is 2.09. The van der Waals surface area contributed by atoms with E-state index in [0.29, 0.717) is 0 Å². The standard InChI is InChI=1S/C19H15NS/c1-20-14-7-4-6-13(12-14)15-9-5-10-17-16-8-2-3-11-18(16)21-19(15)17/h2-12,20H,1H3. The molecule has 0 radical (unpaired) electrons. The summed E-state index contributed by atoms with van der Waals surface area (Å²) in [6, 6.07) is 23.8. The number of nitrogens with one attached hydrogen (secondary N) is 1. The molecular formula is C19H15NS. The van der Waals surface area contributed by atoms with Gasteiger partial charge in [0.05, 0.1) is 0 Å². The summed E-state index contributed by atoms with van der Waals surface area (Å²) in [5.41, 5.74) is 3.72. The molecule has 1 N–H and O–H groups in total. The fourth-order valence-corrected chi connectivity index (χ4v) is 4.06. The lowest BCUT2D eigenvalue weighted by Gasteiger charge is -2.06. The van der Waals surface area contributed by atoms with Crippen molar-refractivity contribution in [2.75, 3.05) is 12.4 Å². The van der Waals surface area contributed by atoms with Crippen LogP contribution in [0.5, 0.6) is 0 Å². The SMILES string of the molecule is CNc1cccc(-c2cccc3c2sc2ccccc23)c1. The molecule has 0 aliphatic rings. The third-order valence-corrected chi connectivity index (χ3v) is 5.09. The normalized spacial score (nSPS) is 11.1. The first kappa shape index (κ1) is 12.4. The van der Waals surface area contributed by atoms with Crippen molar-refractivity contribution in [2.45, 2.75) is 0 Å². The number of benzene rings is 3. The average Bonchev–Trinajstić information content (AvgIpc) is 2.93. The predicted octanol–water partition coefficient (Wildman–Crippen LogP) is 5.76. The molecule has 0 saturated carbocycles. The Hall–Kier alpha value is -2.32. The van der Waals surface area contributed by atoms with Crippen molar-refractivity contribution in [3.8, 4) is 11.1 Å². The van der Waals surface area contributed by atoms with Crippen LogP contribution in [-0.2, 0) is 0 Å². The van der Waals surface area contributed by atoms with Gasteiger partial charge in [0.25, 0.3) is 0 Å². The van der Waals surface area contributed by atoms with Crippen LogP contribution in [0.1, 0.15) is 0 Å². The van der Waals surface area contributed by atoms with E-state index in [4.69, 9.17) is 0 Å². The first-order chi connectivity index (χ1) is 10.4. The molecule has 1 aromatic heterocycles. The molecule has 0 amide bonds. The maximum absolute atomic E-state index is 3.22. The maximum atomic E-state index is 3.22. The van der Waals surface area contributed by atoms with Gasteiger partial charge >= 0.3 is 0 Å². The maximum Gasteiger partial charge on any atom is 0.0433 e.